The van der Waals surface area contributed by atoms with Crippen molar-refractivity contribution in [3.63, 3.8) is 0 Å². The smallest absolute Gasteiger partial charge is 0.123 e. The average molecular weight is 484 g/mol. The lowest BCUT2D eigenvalue weighted by molar-refractivity contribution is -0.00000918. The van der Waals surface area contributed by atoms with Gasteiger partial charge in [-0.1, -0.05) is 66.7 Å². The van der Waals surface area contributed by atoms with E-state index in [4.69, 9.17) is 4.74 Å². The molecule has 1 fully saturated rings. The molecular weight excluding hydrogens is 454 g/mol. The summed E-state index contributed by atoms with van der Waals surface area (Å²) in [6, 6.07) is 23.0. The SMILES string of the molecule is Fc1ccc(C(OCCN2CCN(C/C=C/c3ccccc3)CC2)c2ccc(F)cc2)cc1.[Cl-]. The summed E-state index contributed by atoms with van der Waals surface area (Å²) in [5, 5.41) is 0. The maximum atomic E-state index is 13.4. The Hall–Kier alpha value is -2.57. The van der Waals surface area contributed by atoms with Gasteiger partial charge in [0.15, 0.2) is 0 Å². The largest absolute Gasteiger partial charge is 1.00 e. The second kappa shape index (κ2) is 13.4. The Balaban J connectivity index is 0.00000324. The zero-order chi connectivity index (χ0) is 22.9. The third-order valence-electron chi connectivity index (χ3n) is 5.98. The monoisotopic (exact) mass is 483 g/mol. The van der Waals surface area contributed by atoms with Crippen LogP contribution in [-0.4, -0.2) is 55.7 Å². The minimum absolute atomic E-state index is 0. The molecule has 0 saturated carbocycles. The maximum Gasteiger partial charge on any atom is 0.123 e. The van der Waals surface area contributed by atoms with Crippen LogP contribution < -0.4 is 12.4 Å². The van der Waals surface area contributed by atoms with E-state index in [-0.39, 0.29) is 30.1 Å². The van der Waals surface area contributed by atoms with Crippen LogP contribution in [-0.2, 0) is 4.74 Å². The fourth-order valence-electron chi connectivity index (χ4n) is 4.06. The molecule has 1 saturated heterocycles. The number of benzene rings is 3. The van der Waals surface area contributed by atoms with Gasteiger partial charge < -0.3 is 17.1 Å². The van der Waals surface area contributed by atoms with Crippen LogP contribution in [0.3, 0.4) is 0 Å². The summed E-state index contributed by atoms with van der Waals surface area (Å²) in [5.41, 5.74) is 2.95. The second-order valence-electron chi connectivity index (χ2n) is 8.31. The lowest BCUT2D eigenvalue weighted by atomic mass is 10.0. The lowest BCUT2D eigenvalue weighted by Crippen LogP contribution is -3.00. The fraction of sp³-hybridized carbons (Fsp3) is 0.286. The summed E-state index contributed by atoms with van der Waals surface area (Å²) >= 11 is 0. The van der Waals surface area contributed by atoms with Gasteiger partial charge in [0.25, 0.3) is 0 Å². The Morgan fingerprint density at radius 1 is 0.735 bits per heavy atom. The number of hydrogen-bond donors (Lipinski definition) is 0. The number of ether oxygens (including phenoxy) is 1. The molecule has 0 bridgehead atoms. The standard InChI is InChI=1S/C28H30F2N2O.ClH/c29-26-12-8-24(9-13-26)28(25-10-14-27(30)15-11-25)33-22-21-32-19-17-31(18-20-32)16-4-7-23-5-2-1-3-6-23;/h1-15,28H,16-22H2;1H/p-1/b7-4+;. The van der Waals surface area contributed by atoms with Crippen molar-refractivity contribution in [2.24, 2.45) is 0 Å². The summed E-state index contributed by atoms with van der Waals surface area (Å²) < 4.78 is 33.0. The first kappa shape index (κ1) is 26.0. The van der Waals surface area contributed by atoms with Gasteiger partial charge in [0.2, 0.25) is 0 Å². The van der Waals surface area contributed by atoms with Gasteiger partial charge in [-0.25, -0.2) is 8.78 Å². The molecule has 6 heteroatoms. The molecule has 3 nitrogen and oxygen atoms in total. The average Bonchev–Trinajstić information content (AvgIpc) is 2.85. The van der Waals surface area contributed by atoms with Crippen LogP contribution in [0.15, 0.2) is 84.9 Å². The fourth-order valence-corrected chi connectivity index (χ4v) is 4.06. The molecule has 4 rings (SSSR count). The van der Waals surface area contributed by atoms with Gasteiger partial charge in [-0.05, 0) is 41.0 Å². The molecule has 0 atom stereocenters. The van der Waals surface area contributed by atoms with E-state index in [0.717, 1.165) is 50.4 Å². The first-order chi connectivity index (χ1) is 16.2. The first-order valence-corrected chi connectivity index (χ1v) is 11.5. The van der Waals surface area contributed by atoms with E-state index in [1.165, 1.54) is 29.8 Å². The normalized spacial score (nSPS) is 15.0. The van der Waals surface area contributed by atoms with Crippen molar-refractivity contribution in [1.82, 2.24) is 9.80 Å². The Bertz CT molecular complexity index is 959. The minimum atomic E-state index is -0.351. The van der Waals surface area contributed by atoms with Crippen molar-refractivity contribution in [2.45, 2.75) is 6.10 Å². The second-order valence-corrected chi connectivity index (χ2v) is 8.31. The van der Waals surface area contributed by atoms with Gasteiger partial charge in [-0.3, -0.25) is 9.80 Å². The highest BCUT2D eigenvalue weighted by Crippen LogP contribution is 2.26. The molecule has 0 spiro atoms. The highest BCUT2D eigenvalue weighted by molar-refractivity contribution is 5.48. The predicted octanol–water partition coefficient (Wildman–Crippen LogP) is 2.41. The van der Waals surface area contributed by atoms with Crippen molar-refractivity contribution >= 4 is 6.08 Å². The lowest BCUT2D eigenvalue weighted by Gasteiger charge is -2.34. The molecule has 180 valence electrons. The molecule has 0 aromatic heterocycles. The molecule has 1 heterocycles. The van der Waals surface area contributed by atoms with E-state index < -0.39 is 0 Å². The summed E-state index contributed by atoms with van der Waals surface area (Å²) in [5.74, 6) is -0.568. The van der Waals surface area contributed by atoms with Gasteiger partial charge in [0, 0.05) is 39.3 Å². The number of hydrogen-bond acceptors (Lipinski definition) is 3. The van der Waals surface area contributed by atoms with Crippen LogP contribution in [0, 0.1) is 11.6 Å². The van der Waals surface area contributed by atoms with E-state index in [9.17, 15) is 8.78 Å². The minimum Gasteiger partial charge on any atom is -1.00 e. The van der Waals surface area contributed by atoms with E-state index in [0.29, 0.717) is 6.61 Å². The zero-order valence-electron chi connectivity index (χ0n) is 19.1. The van der Waals surface area contributed by atoms with E-state index >= 15 is 0 Å². The topological polar surface area (TPSA) is 15.7 Å². The van der Waals surface area contributed by atoms with Crippen LogP contribution in [0.25, 0.3) is 6.08 Å². The third-order valence-corrected chi connectivity index (χ3v) is 5.98. The van der Waals surface area contributed by atoms with E-state index in [1.807, 2.05) is 6.07 Å². The van der Waals surface area contributed by atoms with Gasteiger partial charge in [0.05, 0.1) is 6.61 Å². The molecule has 0 N–H and O–H groups in total. The van der Waals surface area contributed by atoms with Crippen molar-refractivity contribution in [2.75, 3.05) is 45.9 Å². The van der Waals surface area contributed by atoms with Crippen molar-refractivity contribution in [1.29, 1.82) is 0 Å². The summed E-state index contributed by atoms with van der Waals surface area (Å²) in [7, 11) is 0. The van der Waals surface area contributed by atoms with E-state index in [1.54, 1.807) is 24.3 Å². The van der Waals surface area contributed by atoms with Gasteiger partial charge >= 0.3 is 0 Å². The number of halogens is 3. The van der Waals surface area contributed by atoms with Crippen molar-refractivity contribution < 1.29 is 25.9 Å². The Labute approximate surface area is 207 Å². The van der Waals surface area contributed by atoms with Crippen LogP contribution in [0.5, 0.6) is 0 Å². The van der Waals surface area contributed by atoms with Gasteiger partial charge in [-0.2, -0.15) is 0 Å². The molecule has 1 aliphatic rings. The Morgan fingerprint density at radius 3 is 1.82 bits per heavy atom. The summed E-state index contributed by atoms with van der Waals surface area (Å²) in [6.07, 6.45) is 4.05. The third kappa shape index (κ3) is 7.74. The molecule has 34 heavy (non-hydrogen) atoms. The molecule has 3 aromatic rings. The molecule has 0 unspecified atom stereocenters. The quantitative estimate of drug-likeness (QED) is 0.465. The summed E-state index contributed by atoms with van der Waals surface area (Å²) in [6.45, 7) is 6.38. The predicted molar refractivity (Wildman–Crippen MR) is 129 cm³/mol. The van der Waals surface area contributed by atoms with Crippen molar-refractivity contribution in [3.05, 3.63) is 113 Å². The van der Waals surface area contributed by atoms with Crippen LogP contribution >= 0.6 is 0 Å². The van der Waals surface area contributed by atoms with Gasteiger partial charge in [-0.15, -0.1) is 0 Å². The molecule has 0 amide bonds. The molecule has 1 aliphatic heterocycles. The van der Waals surface area contributed by atoms with E-state index in [2.05, 4.69) is 46.2 Å². The number of rotatable bonds is 9. The first-order valence-electron chi connectivity index (χ1n) is 11.5. The van der Waals surface area contributed by atoms with Crippen LogP contribution in [0.2, 0.25) is 0 Å². The Kier molecular flexibility index (Phi) is 10.2. The highest BCUT2D eigenvalue weighted by atomic mass is 35.5. The highest BCUT2D eigenvalue weighted by Gasteiger charge is 2.18. The molecular formula is C28H30ClF2N2O-. The molecule has 3 aromatic carbocycles. The van der Waals surface area contributed by atoms with Crippen LogP contribution in [0.1, 0.15) is 22.8 Å². The number of nitrogens with zero attached hydrogens (tertiary/aromatic N) is 2. The molecule has 0 aliphatic carbocycles. The molecule has 0 radical (unpaired) electrons. The maximum absolute atomic E-state index is 13.4. The zero-order valence-corrected chi connectivity index (χ0v) is 19.9. The van der Waals surface area contributed by atoms with Gasteiger partial charge in [0.1, 0.15) is 17.7 Å². The Morgan fingerprint density at radius 2 is 1.26 bits per heavy atom. The van der Waals surface area contributed by atoms with Crippen LogP contribution in [0.4, 0.5) is 8.78 Å². The number of piperazine rings is 1. The summed E-state index contributed by atoms with van der Waals surface area (Å²) in [4.78, 5) is 4.86. The van der Waals surface area contributed by atoms with Crippen molar-refractivity contribution in [3.8, 4) is 0 Å².